The Kier molecular flexibility index (Phi) is 4.97. The van der Waals surface area contributed by atoms with Crippen LogP contribution in [0.5, 0.6) is 11.5 Å². The second-order valence-corrected chi connectivity index (χ2v) is 6.68. The van der Waals surface area contributed by atoms with E-state index in [1.807, 2.05) is 24.3 Å². The number of rotatable bonds is 6. The predicted octanol–water partition coefficient (Wildman–Crippen LogP) is 2.11. The lowest BCUT2D eigenvalue weighted by Gasteiger charge is -2.24. The van der Waals surface area contributed by atoms with Crippen molar-refractivity contribution in [3.05, 3.63) is 48.3 Å². The highest BCUT2D eigenvalue weighted by Crippen LogP contribution is 2.28. The summed E-state index contributed by atoms with van der Waals surface area (Å²) in [5.74, 6) is 1.28. The van der Waals surface area contributed by atoms with Gasteiger partial charge in [0.25, 0.3) is 0 Å². The molecule has 0 saturated carbocycles. The van der Waals surface area contributed by atoms with Crippen LogP contribution < -0.4 is 4.74 Å². The van der Waals surface area contributed by atoms with E-state index in [0.29, 0.717) is 24.2 Å². The fourth-order valence-electron chi connectivity index (χ4n) is 3.49. The van der Waals surface area contributed by atoms with E-state index in [0.717, 1.165) is 37.1 Å². The molecule has 0 unspecified atom stereocenters. The minimum absolute atomic E-state index is 0.162. The number of nitrogens with zero attached hydrogens (tertiary/aromatic N) is 6. The van der Waals surface area contributed by atoms with Crippen molar-refractivity contribution in [2.45, 2.75) is 32.0 Å². The highest BCUT2D eigenvalue weighted by molar-refractivity contribution is 5.52. The zero-order chi connectivity index (χ0) is 18.6. The van der Waals surface area contributed by atoms with Crippen molar-refractivity contribution in [2.24, 2.45) is 0 Å². The number of hydrogen-bond donors (Lipinski definition) is 1. The molecule has 1 aliphatic rings. The first-order chi connectivity index (χ1) is 13.2. The zero-order valence-electron chi connectivity index (χ0n) is 15.2. The SMILES string of the molecule is COc1cc(CN2CCC[C@H]2Cn2nnc(-c3ccncc3)n2)ccc1O. The lowest BCUT2D eigenvalue weighted by atomic mass is 10.1. The molecular formula is C19H22N6O2. The van der Waals surface area contributed by atoms with Crippen LogP contribution in [0, 0.1) is 0 Å². The van der Waals surface area contributed by atoms with Crippen LogP contribution in [0.1, 0.15) is 18.4 Å². The summed E-state index contributed by atoms with van der Waals surface area (Å²) < 4.78 is 5.21. The third-order valence-corrected chi connectivity index (χ3v) is 4.89. The number of benzene rings is 1. The van der Waals surface area contributed by atoms with E-state index in [1.54, 1.807) is 30.4 Å². The largest absolute Gasteiger partial charge is 0.504 e. The lowest BCUT2D eigenvalue weighted by Crippen LogP contribution is -2.33. The van der Waals surface area contributed by atoms with Gasteiger partial charge in [0.15, 0.2) is 11.5 Å². The van der Waals surface area contributed by atoms with Crippen molar-refractivity contribution in [1.82, 2.24) is 30.1 Å². The van der Waals surface area contributed by atoms with Gasteiger partial charge in [0.1, 0.15) is 0 Å². The van der Waals surface area contributed by atoms with E-state index < -0.39 is 0 Å². The Morgan fingerprint density at radius 2 is 2.07 bits per heavy atom. The molecule has 4 rings (SSSR count). The Labute approximate surface area is 157 Å². The van der Waals surface area contributed by atoms with E-state index in [2.05, 4.69) is 25.3 Å². The number of aromatic nitrogens is 5. The predicted molar refractivity (Wildman–Crippen MR) is 99.1 cm³/mol. The molecule has 8 nitrogen and oxygen atoms in total. The zero-order valence-corrected chi connectivity index (χ0v) is 15.2. The summed E-state index contributed by atoms with van der Waals surface area (Å²) in [6.45, 7) is 2.53. The maximum atomic E-state index is 9.77. The molecule has 1 aliphatic heterocycles. The molecule has 1 atom stereocenters. The molecule has 0 aliphatic carbocycles. The lowest BCUT2D eigenvalue weighted by molar-refractivity contribution is 0.211. The molecule has 1 saturated heterocycles. The van der Waals surface area contributed by atoms with Crippen molar-refractivity contribution in [3.63, 3.8) is 0 Å². The number of hydrogen-bond acceptors (Lipinski definition) is 7. The minimum atomic E-state index is 0.162. The number of pyridine rings is 1. The molecule has 1 fully saturated rings. The van der Waals surface area contributed by atoms with E-state index in [-0.39, 0.29) is 5.75 Å². The average molecular weight is 366 g/mol. The van der Waals surface area contributed by atoms with E-state index in [9.17, 15) is 5.11 Å². The molecule has 1 aromatic carbocycles. The van der Waals surface area contributed by atoms with Crippen molar-refractivity contribution in [3.8, 4) is 22.9 Å². The van der Waals surface area contributed by atoms with Crippen LogP contribution >= 0.6 is 0 Å². The quantitative estimate of drug-likeness (QED) is 0.715. The normalized spacial score (nSPS) is 17.3. The highest BCUT2D eigenvalue weighted by atomic mass is 16.5. The Morgan fingerprint density at radius 1 is 1.22 bits per heavy atom. The Balaban J connectivity index is 1.44. The van der Waals surface area contributed by atoms with Crippen molar-refractivity contribution < 1.29 is 9.84 Å². The summed E-state index contributed by atoms with van der Waals surface area (Å²) in [5, 5.41) is 22.7. The van der Waals surface area contributed by atoms with Gasteiger partial charge in [-0.15, -0.1) is 10.2 Å². The van der Waals surface area contributed by atoms with Crippen LogP contribution in [0.3, 0.4) is 0 Å². The van der Waals surface area contributed by atoms with Crippen LogP contribution in [0.2, 0.25) is 0 Å². The first-order valence-electron chi connectivity index (χ1n) is 9.01. The van der Waals surface area contributed by atoms with Gasteiger partial charge >= 0.3 is 0 Å². The molecule has 3 aromatic rings. The number of phenolic OH excluding ortho intramolecular Hbond substituents is 1. The average Bonchev–Trinajstić information content (AvgIpc) is 3.34. The minimum Gasteiger partial charge on any atom is -0.504 e. The van der Waals surface area contributed by atoms with Gasteiger partial charge in [-0.25, -0.2) is 0 Å². The van der Waals surface area contributed by atoms with Gasteiger partial charge < -0.3 is 9.84 Å². The van der Waals surface area contributed by atoms with Crippen LogP contribution in [0.4, 0.5) is 0 Å². The molecule has 3 heterocycles. The second kappa shape index (κ2) is 7.71. The number of phenols is 1. The second-order valence-electron chi connectivity index (χ2n) is 6.68. The number of likely N-dealkylation sites (tertiary alicyclic amines) is 1. The van der Waals surface area contributed by atoms with Crippen LogP contribution in [-0.4, -0.2) is 54.9 Å². The Bertz CT molecular complexity index is 898. The third-order valence-electron chi connectivity index (χ3n) is 4.89. The molecule has 27 heavy (non-hydrogen) atoms. The van der Waals surface area contributed by atoms with Gasteiger partial charge in [0, 0.05) is 30.5 Å². The Morgan fingerprint density at radius 3 is 2.89 bits per heavy atom. The summed E-state index contributed by atoms with van der Waals surface area (Å²) >= 11 is 0. The molecule has 0 amide bonds. The summed E-state index contributed by atoms with van der Waals surface area (Å²) in [6, 6.07) is 9.61. The summed E-state index contributed by atoms with van der Waals surface area (Å²) in [5.41, 5.74) is 2.02. The summed E-state index contributed by atoms with van der Waals surface area (Å²) in [4.78, 5) is 8.11. The van der Waals surface area contributed by atoms with Gasteiger partial charge in [-0.3, -0.25) is 9.88 Å². The molecule has 140 valence electrons. The molecule has 2 aromatic heterocycles. The molecule has 1 N–H and O–H groups in total. The third kappa shape index (κ3) is 3.90. The van der Waals surface area contributed by atoms with Crippen molar-refractivity contribution >= 4 is 0 Å². The standard InChI is InChI=1S/C19H22N6O2/c1-27-18-11-14(4-5-17(18)26)12-24-10-2-3-16(24)13-25-22-19(21-23-25)15-6-8-20-9-7-15/h4-9,11,16,26H,2-3,10,12-13H2,1H3/t16-/m0/s1. The fourth-order valence-corrected chi connectivity index (χ4v) is 3.49. The van der Waals surface area contributed by atoms with Crippen LogP contribution in [-0.2, 0) is 13.1 Å². The number of ether oxygens (including phenoxy) is 1. The van der Waals surface area contributed by atoms with E-state index in [4.69, 9.17) is 4.74 Å². The smallest absolute Gasteiger partial charge is 0.205 e. The Hall–Kier alpha value is -3.00. The molecule has 0 bridgehead atoms. The van der Waals surface area contributed by atoms with Gasteiger partial charge in [-0.05, 0) is 54.4 Å². The molecule has 0 spiro atoms. The molecule has 8 heteroatoms. The van der Waals surface area contributed by atoms with Gasteiger partial charge in [-0.2, -0.15) is 4.80 Å². The molecule has 0 radical (unpaired) electrons. The number of aromatic hydroxyl groups is 1. The maximum absolute atomic E-state index is 9.77. The van der Waals surface area contributed by atoms with Crippen molar-refractivity contribution in [1.29, 1.82) is 0 Å². The van der Waals surface area contributed by atoms with E-state index in [1.165, 1.54) is 0 Å². The number of tetrazole rings is 1. The molecular weight excluding hydrogens is 344 g/mol. The summed E-state index contributed by atoms with van der Waals surface area (Å²) in [6.07, 6.45) is 5.69. The van der Waals surface area contributed by atoms with Gasteiger partial charge in [0.05, 0.1) is 13.7 Å². The van der Waals surface area contributed by atoms with Crippen molar-refractivity contribution in [2.75, 3.05) is 13.7 Å². The number of methoxy groups -OCH3 is 1. The maximum Gasteiger partial charge on any atom is 0.205 e. The highest BCUT2D eigenvalue weighted by Gasteiger charge is 2.26. The monoisotopic (exact) mass is 366 g/mol. The van der Waals surface area contributed by atoms with Gasteiger partial charge in [-0.1, -0.05) is 6.07 Å². The fraction of sp³-hybridized carbons (Fsp3) is 0.368. The van der Waals surface area contributed by atoms with E-state index >= 15 is 0 Å². The topological polar surface area (TPSA) is 89.2 Å². The first-order valence-corrected chi connectivity index (χ1v) is 9.01. The first kappa shape index (κ1) is 17.4. The van der Waals surface area contributed by atoms with Gasteiger partial charge in [0.2, 0.25) is 5.82 Å². The summed E-state index contributed by atoms with van der Waals surface area (Å²) in [7, 11) is 1.56. The van der Waals surface area contributed by atoms with Crippen LogP contribution in [0.25, 0.3) is 11.4 Å². The van der Waals surface area contributed by atoms with Crippen LogP contribution in [0.15, 0.2) is 42.7 Å².